The number of fused-ring (bicyclic) bond motifs is 4. The third-order valence-electron chi connectivity index (χ3n) is 13.3. The van der Waals surface area contributed by atoms with Crippen molar-refractivity contribution in [1.82, 2.24) is 14.8 Å². The van der Waals surface area contributed by atoms with Gasteiger partial charge in [-0.25, -0.2) is 4.39 Å². The number of amides is 4. The lowest BCUT2D eigenvalue weighted by atomic mass is 9.49. The molecular weight excluding hydrogens is 775 g/mol. The molecule has 0 spiro atoms. The molecule has 9 rings (SSSR count). The van der Waals surface area contributed by atoms with Gasteiger partial charge in [-0.2, -0.15) is 5.01 Å². The quantitative estimate of drug-likeness (QED) is 0.138. The predicted octanol–water partition coefficient (Wildman–Crippen LogP) is 6.85. The number of rotatable bonds is 9. The number of hydrogen-bond acceptors (Lipinski definition) is 9. The van der Waals surface area contributed by atoms with Crippen LogP contribution in [-0.2, 0) is 31.1 Å². The van der Waals surface area contributed by atoms with Gasteiger partial charge in [-0.3, -0.25) is 34.4 Å². The number of allylic oxidation sites excluding steroid dienone is 2. The van der Waals surface area contributed by atoms with Crippen LogP contribution in [-0.4, -0.2) is 76.9 Å². The van der Waals surface area contributed by atoms with Crippen LogP contribution in [0.5, 0.6) is 17.2 Å². The minimum absolute atomic E-state index is 0.0912. The van der Waals surface area contributed by atoms with E-state index >= 15 is 4.79 Å². The van der Waals surface area contributed by atoms with Gasteiger partial charge in [0.2, 0.25) is 17.6 Å². The minimum Gasteiger partial charge on any atom is -0.502 e. The van der Waals surface area contributed by atoms with E-state index in [-0.39, 0.29) is 47.9 Å². The highest BCUT2D eigenvalue weighted by Crippen LogP contribution is 2.65. The number of benzene rings is 4. The van der Waals surface area contributed by atoms with E-state index in [4.69, 9.17) is 21.1 Å². The normalized spacial score (nSPS) is 27.0. The van der Waals surface area contributed by atoms with Gasteiger partial charge >= 0.3 is 0 Å². The number of anilines is 1. The zero-order valence-electron chi connectivity index (χ0n) is 32.6. The van der Waals surface area contributed by atoms with E-state index in [9.17, 15) is 23.9 Å². The fourth-order valence-electron chi connectivity index (χ4n) is 10.7. The molecule has 0 bridgehead atoms. The molecule has 2 N–H and O–H groups in total. The number of carbonyl (C=O) groups excluding carboxylic acids is 4. The van der Waals surface area contributed by atoms with Crippen molar-refractivity contribution in [3.63, 3.8) is 0 Å². The Morgan fingerprint density at radius 2 is 1.51 bits per heavy atom. The summed E-state index contributed by atoms with van der Waals surface area (Å²) in [6, 6.07) is 25.4. The first-order chi connectivity index (χ1) is 28.5. The third-order valence-corrected chi connectivity index (χ3v) is 13.5. The van der Waals surface area contributed by atoms with Crippen LogP contribution in [0.1, 0.15) is 48.3 Å². The summed E-state index contributed by atoms with van der Waals surface area (Å²) in [5, 5.41) is 12.5. The van der Waals surface area contributed by atoms with E-state index in [1.165, 1.54) is 48.9 Å². The number of nitrogens with zero attached hydrogens (tertiary/aromatic N) is 3. The predicted molar refractivity (Wildman–Crippen MR) is 217 cm³/mol. The highest BCUT2D eigenvalue weighted by Gasteiger charge is 2.70. The smallest absolute Gasteiger partial charge is 0.260 e. The van der Waals surface area contributed by atoms with Gasteiger partial charge in [-0.05, 0) is 96.8 Å². The number of carbonyl (C=O) groups is 4. The Morgan fingerprint density at radius 1 is 0.847 bits per heavy atom. The molecule has 13 heteroatoms. The Hall–Kier alpha value is -5.72. The number of halogens is 2. The molecule has 4 aromatic rings. The summed E-state index contributed by atoms with van der Waals surface area (Å²) in [6.07, 6.45) is 3.68. The molecule has 304 valence electrons. The average molecular weight is 819 g/mol. The SMILES string of the molecule is COc1cc([C@H]2C3=CC[C@@H]4C(=O)N(C5CCN(Cc6ccccc6)CC5)C(=O)[C@@H]4[C@@H]3C[C@H]3C(=O)N(Nc4ccc(F)cc4)C(=O)[C@@]23c2ccc(Cl)cc2)cc(OC)c1O. The Balaban J connectivity index is 1.14. The van der Waals surface area contributed by atoms with Crippen molar-refractivity contribution in [3.8, 4) is 17.2 Å². The van der Waals surface area contributed by atoms with Gasteiger partial charge in [0.15, 0.2) is 11.5 Å². The molecule has 6 atom stereocenters. The van der Waals surface area contributed by atoms with Crippen LogP contribution in [0.2, 0.25) is 5.02 Å². The number of phenols is 1. The summed E-state index contributed by atoms with van der Waals surface area (Å²) < 4.78 is 25.2. The van der Waals surface area contributed by atoms with E-state index < -0.39 is 52.6 Å². The average Bonchev–Trinajstić information content (AvgIpc) is 3.63. The first kappa shape index (κ1) is 38.8. The molecule has 3 aliphatic heterocycles. The second kappa shape index (κ2) is 15.1. The first-order valence-electron chi connectivity index (χ1n) is 20.0. The van der Waals surface area contributed by atoms with Crippen molar-refractivity contribution in [3.05, 3.63) is 130 Å². The minimum atomic E-state index is -1.60. The molecule has 59 heavy (non-hydrogen) atoms. The molecule has 0 unspecified atom stereocenters. The van der Waals surface area contributed by atoms with E-state index in [0.717, 1.165) is 30.2 Å². The Labute approximate surface area is 346 Å². The zero-order valence-corrected chi connectivity index (χ0v) is 33.4. The number of aromatic hydroxyl groups is 1. The molecule has 4 fully saturated rings. The van der Waals surface area contributed by atoms with E-state index in [0.29, 0.717) is 34.7 Å². The van der Waals surface area contributed by atoms with Gasteiger partial charge in [-0.15, -0.1) is 0 Å². The molecule has 0 aromatic heterocycles. The number of likely N-dealkylation sites (tertiary alicyclic amines) is 2. The van der Waals surface area contributed by atoms with Crippen LogP contribution in [0, 0.1) is 29.5 Å². The van der Waals surface area contributed by atoms with Gasteiger partial charge < -0.3 is 14.6 Å². The largest absolute Gasteiger partial charge is 0.502 e. The van der Waals surface area contributed by atoms with Crippen LogP contribution in [0.4, 0.5) is 10.1 Å². The number of methoxy groups -OCH3 is 2. The van der Waals surface area contributed by atoms with Gasteiger partial charge in [0.05, 0.1) is 43.1 Å². The van der Waals surface area contributed by atoms with E-state index in [2.05, 4.69) is 22.5 Å². The van der Waals surface area contributed by atoms with Crippen molar-refractivity contribution in [2.24, 2.45) is 23.7 Å². The number of nitrogens with one attached hydrogen (secondary N) is 1. The summed E-state index contributed by atoms with van der Waals surface area (Å²) in [5.41, 5.74) is 4.67. The van der Waals surface area contributed by atoms with Crippen molar-refractivity contribution < 1.29 is 38.1 Å². The second-order valence-corrected chi connectivity index (χ2v) is 16.6. The summed E-state index contributed by atoms with van der Waals surface area (Å²) in [5.74, 6) is -5.94. The van der Waals surface area contributed by atoms with Crippen molar-refractivity contribution >= 4 is 40.9 Å². The Bertz CT molecular complexity index is 2330. The van der Waals surface area contributed by atoms with Gasteiger partial charge in [0.25, 0.3) is 11.8 Å². The summed E-state index contributed by atoms with van der Waals surface area (Å²) in [6.45, 7) is 2.27. The summed E-state index contributed by atoms with van der Waals surface area (Å²) >= 11 is 6.42. The Kier molecular flexibility index (Phi) is 9.95. The van der Waals surface area contributed by atoms with Crippen molar-refractivity contribution in [2.75, 3.05) is 32.7 Å². The van der Waals surface area contributed by atoms with Crippen LogP contribution < -0.4 is 14.9 Å². The number of hydrazine groups is 1. The standard InChI is InChI=1S/C46H44ClFN4O7/c1-58-37-22-27(23-38(59-2)41(37)53)40-33-16-17-34-39(44(56)51(42(34)54)32-18-20-50(21-19-32)25-26-6-4-3-5-7-26)35(33)24-36-43(55)52(49-31-14-12-30(48)13-15-31)45(57)46(36,40)28-8-10-29(47)11-9-28/h3-16,22-23,32,34-36,39-40,49,53H,17-21,24-25H2,1-2H3/t34-,35+,36-,39-,40-,46+/m0/s1. The molecule has 3 heterocycles. The van der Waals surface area contributed by atoms with Crippen LogP contribution in [0.15, 0.2) is 103 Å². The van der Waals surface area contributed by atoms with Crippen LogP contribution >= 0.6 is 11.6 Å². The topological polar surface area (TPSA) is 129 Å². The van der Waals surface area contributed by atoms with Gasteiger partial charge in [-0.1, -0.05) is 65.7 Å². The van der Waals surface area contributed by atoms with Crippen LogP contribution in [0.25, 0.3) is 0 Å². The molecule has 3 saturated heterocycles. The lowest BCUT2D eigenvalue weighted by Gasteiger charge is -2.50. The number of ether oxygens (including phenoxy) is 2. The number of hydrogen-bond donors (Lipinski definition) is 2. The maximum atomic E-state index is 15.5. The summed E-state index contributed by atoms with van der Waals surface area (Å²) in [7, 11) is 2.82. The molecule has 0 radical (unpaired) electrons. The lowest BCUT2D eigenvalue weighted by molar-refractivity contribution is -0.144. The molecule has 2 aliphatic carbocycles. The number of phenolic OH excluding ortho intramolecular Hbond substituents is 1. The first-order valence-corrected chi connectivity index (χ1v) is 20.4. The van der Waals surface area contributed by atoms with Crippen molar-refractivity contribution in [2.45, 2.75) is 49.6 Å². The monoisotopic (exact) mass is 818 g/mol. The molecule has 5 aliphatic rings. The fraction of sp³-hybridized carbons (Fsp3) is 0.348. The maximum Gasteiger partial charge on any atom is 0.260 e. The number of imide groups is 2. The van der Waals surface area contributed by atoms with Gasteiger partial charge in [0, 0.05) is 36.6 Å². The number of piperidine rings is 1. The van der Waals surface area contributed by atoms with E-state index in [1.807, 2.05) is 24.3 Å². The fourth-order valence-corrected chi connectivity index (χ4v) is 10.8. The van der Waals surface area contributed by atoms with Crippen molar-refractivity contribution in [1.29, 1.82) is 0 Å². The third kappa shape index (κ3) is 6.26. The molecule has 4 amide bonds. The summed E-state index contributed by atoms with van der Waals surface area (Å²) in [4.78, 5) is 63.6. The highest BCUT2D eigenvalue weighted by atomic mass is 35.5. The molecule has 4 aromatic carbocycles. The lowest BCUT2D eigenvalue weighted by Crippen LogP contribution is -2.53. The van der Waals surface area contributed by atoms with Gasteiger partial charge in [0.1, 0.15) is 5.82 Å². The molecule has 11 nitrogen and oxygen atoms in total. The zero-order chi connectivity index (χ0) is 41.2. The maximum absolute atomic E-state index is 15.5. The second-order valence-electron chi connectivity index (χ2n) is 16.2. The van der Waals surface area contributed by atoms with E-state index in [1.54, 1.807) is 36.4 Å². The molecule has 1 saturated carbocycles. The Morgan fingerprint density at radius 3 is 2.15 bits per heavy atom. The van der Waals surface area contributed by atoms with Crippen LogP contribution in [0.3, 0.4) is 0 Å². The highest BCUT2D eigenvalue weighted by molar-refractivity contribution is 6.30. The molecular formula is C46H44ClFN4O7.